The number of hydrogen-bond donors (Lipinski definition) is 0. The summed E-state index contributed by atoms with van der Waals surface area (Å²) in [5.41, 5.74) is 3.16. The van der Waals surface area contributed by atoms with Gasteiger partial charge in [0, 0.05) is 6.26 Å². The summed E-state index contributed by atoms with van der Waals surface area (Å²) in [6.07, 6.45) is 5.98. The highest BCUT2D eigenvalue weighted by Gasteiger charge is 2.05. The molecule has 0 amide bonds. The topological polar surface area (TPSA) is 57.2 Å². The Kier molecular flexibility index (Phi) is 4.29. The Morgan fingerprint density at radius 1 is 1.07 bits per heavy atom. The highest BCUT2D eigenvalue weighted by Crippen LogP contribution is 2.19. The summed E-state index contributed by atoms with van der Waals surface area (Å²) in [7, 11) is -3.92. The molecule has 0 radical (unpaired) electrons. The summed E-state index contributed by atoms with van der Waals surface area (Å²) in [6.45, 7) is 0. The molecule has 2 rings (SSSR count). The number of rotatable bonds is 0. The summed E-state index contributed by atoms with van der Waals surface area (Å²) in [5, 5.41) is 0. The fraction of sp³-hybridized carbons (Fsp3) is 0.455. The molecule has 0 aromatic heterocycles. The van der Waals surface area contributed by atoms with E-state index in [1.165, 1.54) is 25.7 Å². The molecule has 0 heterocycles. The molecule has 0 unspecified atom stereocenters. The standard InChI is InChI=1S/C10H12.CH4O3S/c1-2-6-10-8-4-3-7-9(10)5-1;1-5(2,3)4/h1-2,5-6H,3-4,7-8H2;1H3,(H,2,3,4)/p-1. The van der Waals surface area contributed by atoms with E-state index in [-0.39, 0.29) is 0 Å². The molecule has 0 atom stereocenters. The molecule has 1 aliphatic rings. The Hall–Kier alpha value is -0.870. The van der Waals surface area contributed by atoms with Crippen LogP contribution in [-0.4, -0.2) is 19.2 Å². The number of hydrogen-bond acceptors (Lipinski definition) is 3. The minimum Gasteiger partial charge on any atom is -0.748 e. The number of aryl methyl sites for hydroxylation is 2. The van der Waals surface area contributed by atoms with Gasteiger partial charge in [0.05, 0.1) is 10.1 Å². The van der Waals surface area contributed by atoms with E-state index in [0.29, 0.717) is 6.26 Å². The first-order chi connectivity index (χ1) is 6.97. The van der Waals surface area contributed by atoms with Crippen LogP contribution in [0.5, 0.6) is 0 Å². The van der Waals surface area contributed by atoms with Crippen molar-refractivity contribution in [3.8, 4) is 0 Å². The van der Waals surface area contributed by atoms with Crippen molar-refractivity contribution < 1.29 is 13.0 Å². The summed E-state index contributed by atoms with van der Waals surface area (Å²) >= 11 is 0. The van der Waals surface area contributed by atoms with Gasteiger partial charge >= 0.3 is 0 Å². The smallest absolute Gasteiger partial charge is 0.0916 e. The van der Waals surface area contributed by atoms with Crippen LogP contribution < -0.4 is 0 Å². The lowest BCUT2D eigenvalue weighted by atomic mass is 9.92. The van der Waals surface area contributed by atoms with Gasteiger partial charge in [-0.3, -0.25) is 0 Å². The first-order valence-electron chi connectivity index (χ1n) is 4.94. The molecule has 0 fully saturated rings. The molecule has 1 aromatic rings. The summed E-state index contributed by atoms with van der Waals surface area (Å²) in [6, 6.07) is 8.80. The number of fused-ring (bicyclic) bond motifs is 1. The quantitative estimate of drug-likeness (QED) is 0.634. The predicted molar refractivity (Wildman–Crippen MR) is 58.7 cm³/mol. The fourth-order valence-electron chi connectivity index (χ4n) is 1.68. The molecule has 0 saturated carbocycles. The molecule has 0 saturated heterocycles. The molecule has 15 heavy (non-hydrogen) atoms. The highest BCUT2D eigenvalue weighted by molar-refractivity contribution is 7.84. The number of benzene rings is 1. The van der Waals surface area contributed by atoms with E-state index >= 15 is 0 Å². The predicted octanol–water partition coefficient (Wildman–Crippen LogP) is 1.73. The van der Waals surface area contributed by atoms with Gasteiger partial charge in [-0.1, -0.05) is 24.3 Å². The third-order valence-electron chi connectivity index (χ3n) is 2.26. The first-order valence-corrected chi connectivity index (χ1v) is 6.76. The van der Waals surface area contributed by atoms with E-state index in [4.69, 9.17) is 13.0 Å². The fourth-order valence-corrected chi connectivity index (χ4v) is 1.68. The van der Waals surface area contributed by atoms with Crippen molar-refractivity contribution in [2.45, 2.75) is 25.7 Å². The Balaban J connectivity index is 0.000000195. The van der Waals surface area contributed by atoms with Crippen molar-refractivity contribution in [1.29, 1.82) is 0 Å². The van der Waals surface area contributed by atoms with Crippen LogP contribution in [0.3, 0.4) is 0 Å². The molecule has 1 aromatic carbocycles. The van der Waals surface area contributed by atoms with Crippen LogP contribution in [0.2, 0.25) is 0 Å². The molecule has 0 aliphatic heterocycles. The lowest BCUT2D eigenvalue weighted by Gasteiger charge is -2.13. The van der Waals surface area contributed by atoms with Crippen molar-refractivity contribution in [1.82, 2.24) is 0 Å². The zero-order valence-corrected chi connectivity index (χ0v) is 9.59. The Bertz CT molecular complexity index is 377. The molecular formula is C11H15O3S-. The Morgan fingerprint density at radius 2 is 1.40 bits per heavy atom. The van der Waals surface area contributed by atoms with Crippen molar-refractivity contribution >= 4 is 10.1 Å². The van der Waals surface area contributed by atoms with Gasteiger partial charge in [-0.15, -0.1) is 0 Å². The van der Waals surface area contributed by atoms with E-state index in [2.05, 4.69) is 24.3 Å². The second-order valence-electron chi connectivity index (χ2n) is 3.68. The van der Waals surface area contributed by atoms with Gasteiger partial charge in [-0.2, -0.15) is 0 Å². The van der Waals surface area contributed by atoms with Crippen molar-refractivity contribution in [3.63, 3.8) is 0 Å². The average Bonchev–Trinajstić information content (AvgIpc) is 2.16. The normalized spacial score (nSPS) is 14.8. The molecule has 3 nitrogen and oxygen atoms in total. The Morgan fingerprint density at radius 3 is 1.73 bits per heavy atom. The minimum atomic E-state index is -3.92. The third kappa shape index (κ3) is 5.54. The maximum Gasteiger partial charge on any atom is 0.0916 e. The molecule has 1 aliphatic carbocycles. The van der Waals surface area contributed by atoms with Crippen LogP contribution in [-0.2, 0) is 23.0 Å². The van der Waals surface area contributed by atoms with Gasteiger partial charge in [0.1, 0.15) is 0 Å². The van der Waals surface area contributed by atoms with Crippen molar-refractivity contribution in [2.75, 3.05) is 6.26 Å². The molecular weight excluding hydrogens is 212 g/mol. The largest absolute Gasteiger partial charge is 0.748 e. The van der Waals surface area contributed by atoms with Gasteiger partial charge in [-0.05, 0) is 36.8 Å². The lowest BCUT2D eigenvalue weighted by molar-refractivity contribution is 0.470. The zero-order chi connectivity index (χ0) is 11.3. The molecule has 84 valence electrons. The van der Waals surface area contributed by atoms with Gasteiger partial charge in [0.25, 0.3) is 0 Å². The summed E-state index contributed by atoms with van der Waals surface area (Å²) < 4.78 is 27.2. The summed E-state index contributed by atoms with van der Waals surface area (Å²) in [4.78, 5) is 0. The van der Waals surface area contributed by atoms with Crippen LogP contribution >= 0.6 is 0 Å². The monoisotopic (exact) mass is 227 g/mol. The van der Waals surface area contributed by atoms with Gasteiger partial charge in [-0.25, -0.2) is 8.42 Å². The maximum absolute atomic E-state index is 9.08. The molecule has 0 N–H and O–H groups in total. The van der Waals surface area contributed by atoms with E-state index in [9.17, 15) is 0 Å². The van der Waals surface area contributed by atoms with E-state index in [1.54, 1.807) is 11.1 Å². The first kappa shape index (κ1) is 12.2. The third-order valence-corrected chi connectivity index (χ3v) is 2.26. The van der Waals surface area contributed by atoms with E-state index < -0.39 is 10.1 Å². The van der Waals surface area contributed by atoms with Crippen molar-refractivity contribution in [3.05, 3.63) is 35.4 Å². The second kappa shape index (κ2) is 5.28. The van der Waals surface area contributed by atoms with E-state index in [1.807, 2.05) is 0 Å². The zero-order valence-electron chi connectivity index (χ0n) is 8.77. The molecule has 4 heteroatoms. The van der Waals surface area contributed by atoms with Crippen LogP contribution in [0.4, 0.5) is 0 Å². The van der Waals surface area contributed by atoms with Crippen LogP contribution in [0.25, 0.3) is 0 Å². The van der Waals surface area contributed by atoms with Gasteiger partial charge in [0.15, 0.2) is 0 Å². The molecule has 0 spiro atoms. The molecule has 0 bridgehead atoms. The second-order valence-corrected chi connectivity index (χ2v) is 5.09. The lowest BCUT2D eigenvalue weighted by Crippen LogP contribution is -2.00. The van der Waals surface area contributed by atoms with Crippen LogP contribution in [0.1, 0.15) is 24.0 Å². The van der Waals surface area contributed by atoms with Crippen LogP contribution in [0, 0.1) is 0 Å². The summed E-state index contributed by atoms with van der Waals surface area (Å²) in [5.74, 6) is 0. The average molecular weight is 227 g/mol. The highest BCUT2D eigenvalue weighted by atomic mass is 32.2. The maximum atomic E-state index is 9.08. The van der Waals surface area contributed by atoms with Gasteiger partial charge < -0.3 is 4.55 Å². The Labute approximate surface area is 90.9 Å². The SMILES string of the molecule is CS(=O)(=O)[O-].c1ccc2c(c1)CCCC2. The van der Waals surface area contributed by atoms with Gasteiger partial charge in [0.2, 0.25) is 0 Å². The minimum absolute atomic E-state index is 0.604. The van der Waals surface area contributed by atoms with Crippen LogP contribution in [0.15, 0.2) is 24.3 Å². The van der Waals surface area contributed by atoms with Crippen molar-refractivity contribution in [2.24, 2.45) is 0 Å². The van der Waals surface area contributed by atoms with E-state index in [0.717, 1.165) is 0 Å².